The summed E-state index contributed by atoms with van der Waals surface area (Å²) < 4.78 is 23.4. The van der Waals surface area contributed by atoms with Gasteiger partial charge in [0, 0.05) is 6.92 Å². The summed E-state index contributed by atoms with van der Waals surface area (Å²) in [6, 6.07) is 7.32. The Kier molecular flexibility index (Phi) is 6.02. The first-order valence-corrected chi connectivity index (χ1v) is 6.51. The predicted octanol–water partition coefficient (Wildman–Crippen LogP) is 1.70. The van der Waals surface area contributed by atoms with Gasteiger partial charge in [-0.05, 0) is 12.1 Å². The summed E-state index contributed by atoms with van der Waals surface area (Å²) in [5, 5.41) is -0.853. The van der Waals surface area contributed by atoms with Crippen LogP contribution in [0.1, 0.15) is 20.8 Å². The zero-order valence-corrected chi connectivity index (χ0v) is 10.7. The maximum absolute atomic E-state index is 11.7. The lowest BCUT2D eigenvalue weighted by Crippen LogP contribution is -2.23. The lowest BCUT2D eigenvalue weighted by atomic mass is 10.4. The molecule has 0 aromatic heterocycles. The molecule has 0 fully saturated rings. The average molecular weight is 254 g/mol. The van der Waals surface area contributed by atoms with Gasteiger partial charge in [-0.1, -0.05) is 32.0 Å². The third-order valence-corrected chi connectivity index (χ3v) is 3.47. The van der Waals surface area contributed by atoms with Crippen LogP contribution in [0.3, 0.4) is 0 Å². The highest BCUT2D eigenvalue weighted by Gasteiger charge is 2.34. The van der Waals surface area contributed by atoms with E-state index in [0.29, 0.717) is 0 Å². The van der Waals surface area contributed by atoms with Gasteiger partial charge in [0.15, 0.2) is 0 Å². The normalized spacial score (nSPS) is 9.59. The monoisotopic (exact) mass is 254 g/mol. The van der Waals surface area contributed by atoms with Crippen molar-refractivity contribution >= 4 is 20.7 Å². The molecule has 0 bridgehead atoms. The molecular formula is C11H14N2O3S. The minimum Gasteiger partial charge on any atom is -0.360 e. The van der Waals surface area contributed by atoms with Gasteiger partial charge in [0.05, 0.1) is 4.90 Å². The summed E-state index contributed by atoms with van der Waals surface area (Å²) in [5.41, 5.74) is 8.48. The van der Waals surface area contributed by atoms with Gasteiger partial charge in [0.1, 0.15) is 0 Å². The summed E-state index contributed by atoms with van der Waals surface area (Å²) in [6.45, 7) is 5.02. The summed E-state index contributed by atoms with van der Waals surface area (Å²) in [7, 11) is -4.00. The molecule has 0 spiro atoms. The number of carbonyl (C=O) groups excluding carboxylic acids is 1. The molecule has 0 saturated heterocycles. The standard InChI is InChI=1S/C9H8N2O3S.C2H6/c1-7(12)9(11-10)15(13,14)8-5-3-2-4-6-8;1-2/h2-6H,1H3;1-2H3. The molecule has 0 heterocycles. The van der Waals surface area contributed by atoms with Crippen LogP contribution in [0.4, 0.5) is 0 Å². The number of Topliss-reactive ketones (excluding diaryl/α,β-unsaturated/α-hetero) is 1. The summed E-state index contributed by atoms with van der Waals surface area (Å²) >= 11 is 0. The van der Waals surface area contributed by atoms with Gasteiger partial charge >= 0.3 is 5.04 Å². The summed E-state index contributed by atoms with van der Waals surface area (Å²) in [4.78, 5) is 13.4. The number of rotatable bonds is 2. The number of benzene rings is 1. The molecule has 1 rings (SSSR count). The molecule has 0 amide bonds. The fourth-order valence-corrected chi connectivity index (χ4v) is 2.25. The van der Waals surface area contributed by atoms with Gasteiger partial charge in [0.25, 0.3) is 15.6 Å². The van der Waals surface area contributed by atoms with Gasteiger partial charge in [-0.25, -0.2) is 8.42 Å². The number of sulfone groups is 1. The molecule has 0 N–H and O–H groups in total. The van der Waals surface area contributed by atoms with Gasteiger partial charge in [-0.3, -0.25) is 4.79 Å². The van der Waals surface area contributed by atoms with Gasteiger partial charge in [-0.2, -0.15) is 0 Å². The van der Waals surface area contributed by atoms with Crippen molar-refractivity contribution in [3.63, 3.8) is 0 Å². The van der Waals surface area contributed by atoms with Crippen LogP contribution in [-0.4, -0.2) is 24.0 Å². The number of ketones is 1. The van der Waals surface area contributed by atoms with Crippen LogP contribution in [0, 0.1) is 0 Å². The zero-order chi connectivity index (χ0) is 13.5. The Labute approximate surface area is 101 Å². The largest absolute Gasteiger partial charge is 0.451 e. The lowest BCUT2D eigenvalue weighted by Gasteiger charge is -1.96. The fraction of sp³-hybridized carbons (Fsp3) is 0.273. The first-order valence-electron chi connectivity index (χ1n) is 5.03. The topological polar surface area (TPSA) is 87.6 Å². The third-order valence-electron chi connectivity index (χ3n) is 1.70. The average Bonchev–Trinajstić information content (AvgIpc) is 2.33. The Morgan fingerprint density at radius 1 is 1.18 bits per heavy atom. The van der Waals surface area contributed by atoms with E-state index in [1.54, 1.807) is 6.07 Å². The van der Waals surface area contributed by atoms with Crippen molar-refractivity contribution in [2.45, 2.75) is 25.7 Å². The Bertz CT molecular complexity index is 529. The molecule has 0 saturated carbocycles. The van der Waals surface area contributed by atoms with Crippen molar-refractivity contribution in [1.29, 1.82) is 0 Å². The Morgan fingerprint density at radius 3 is 2.00 bits per heavy atom. The van der Waals surface area contributed by atoms with Crippen LogP contribution < -0.4 is 0 Å². The minimum absolute atomic E-state index is 0.0759. The second-order valence-electron chi connectivity index (χ2n) is 2.78. The number of nitrogens with zero attached hydrogens (tertiary/aromatic N) is 2. The van der Waals surface area contributed by atoms with E-state index in [4.69, 9.17) is 5.53 Å². The van der Waals surface area contributed by atoms with Crippen LogP contribution in [0.15, 0.2) is 35.2 Å². The van der Waals surface area contributed by atoms with E-state index in [1.807, 2.05) is 13.8 Å². The molecule has 0 aliphatic carbocycles. The van der Waals surface area contributed by atoms with Gasteiger partial charge < -0.3 is 5.53 Å². The van der Waals surface area contributed by atoms with Crippen LogP contribution in [-0.2, 0) is 14.6 Å². The molecule has 1 aromatic carbocycles. The molecule has 0 unspecified atom stereocenters. The van der Waals surface area contributed by atoms with Gasteiger partial charge in [-0.15, -0.1) is 4.79 Å². The Balaban J connectivity index is 0.00000121. The fourth-order valence-electron chi connectivity index (χ4n) is 1.02. The minimum atomic E-state index is -4.00. The molecule has 6 heteroatoms. The second kappa shape index (κ2) is 6.73. The van der Waals surface area contributed by atoms with Gasteiger partial charge in [0.2, 0.25) is 0 Å². The molecule has 0 aliphatic heterocycles. The van der Waals surface area contributed by atoms with Crippen molar-refractivity contribution in [1.82, 2.24) is 0 Å². The maximum atomic E-state index is 11.7. The highest BCUT2D eigenvalue weighted by Crippen LogP contribution is 2.11. The molecule has 0 radical (unpaired) electrons. The Hall–Kier alpha value is -1.78. The SMILES string of the molecule is CC.CC(=O)C(=[N+]=[N-])S(=O)(=O)c1ccccc1. The molecular weight excluding hydrogens is 240 g/mol. The van der Waals surface area contributed by atoms with Crippen molar-refractivity contribution in [2.24, 2.45) is 0 Å². The number of hydrogen-bond acceptors (Lipinski definition) is 3. The van der Waals surface area contributed by atoms with Crippen LogP contribution in [0.2, 0.25) is 0 Å². The first-order chi connectivity index (χ1) is 8.00. The maximum Gasteiger partial charge on any atom is 0.451 e. The van der Waals surface area contributed by atoms with Crippen LogP contribution in [0.5, 0.6) is 0 Å². The van der Waals surface area contributed by atoms with Crippen LogP contribution in [0.25, 0.3) is 5.53 Å². The van der Waals surface area contributed by atoms with E-state index < -0.39 is 20.7 Å². The lowest BCUT2D eigenvalue weighted by molar-refractivity contribution is -0.114. The van der Waals surface area contributed by atoms with E-state index in [9.17, 15) is 13.2 Å². The number of carbonyl (C=O) groups is 1. The molecule has 0 aliphatic rings. The third kappa shape index (κ3) is 3.62. The van der Waals surface area contributed by atoms with Crippen molar-refractivity contribution in [3.05, 3.63) is 35.9 Å². The van der Waals surface area contributed by atoms with Crippen LogP contribution >= 0.6 is 0 Å². The summed E-state index contributed by atoms with van der Waals surface area (Å²) in [6.07, 6.45) is 0. The van der Waals surface area contributed by atoms with E-state index >= 15 is 0 Å². The van der Waals surface area contributed by atoms with Crippen molar-refractivity contribution in [3.8, 4) is 0 Å². The van der Waals surface area contributed by atoms with Crippen molar-refractivity contribution in [2.75, 3.05) is 0 Å². The molecule has 17 heavy (non-hydrogen) atoms. The highest BCUT2D eigenvalue weighted by atomic mass is 32.2. The smallest absolute Gasteiger partial charge is 0.360 e. The quantitative estimate of drug-likeness (QED) is 0.348. The van der Waals surface area contributed by atoms with E-state index in [0.717, 1.165) is 6.92 Å². The molecule has 0 atom stereocenters. The predicted molar refractivity (Wildman–Crippen MR) is 64.3 cm³/mol. The molecule has 1 aromatic rings. The van der Waals surface area contributed by atoms with E-state index in [-0.39, 0.29) is 4.90 Å². The second-order valence-corrected chi connectivity index (χ2v) is 4.64. The van der Waals surface area contributed by atoms with E-state index in [2.05, 4.69) is 4.79 Å². The van der Waals surface area contributed by atoms with E-state index in [1.165, 1.54) is 24.3 Å². The molecule has 5 nitrogen and oxygen atoms in total. The Morgan fingerprint density at radius 2 is 1.65 bits per heavy atom. The number of hydrogen-bond donors (Lipinski definition) is 0. The summed E-state index contributed by atoms with van der Waals surface area (Å²) in [5.74, 6) is -0.804. The zero-order valence-electron chi connectivity index (χ0n) is 9.91. The highest BCUT2D eigenvalue weighted by molar-refractivity contribution is 8.08. The van der Waals surface area contributed by atoms with Crippen molar-refractivity contribution < 1.29 is 18.0 Å². The first kappa shape index (κ1) is 15.2. The molecule has 92 valence electrons.